The standard InChI is InChI=1S/C6H11N5/c7-4-5(8)11(9)6(10-4)3-1-2-3/h3H,1-2,7-9H2. The first-order chi connectivity index (χ1) is 5.20. The molecule has 1 fully saturated rings. The van der Waals surface area contributed by atoms with Gasteiger partial charge in [0.25, 0.3) is 0 Å². The fraction of sp³-hybridized carbons (Fsp3) is 0.500. The Labute approximate surface area is 64.1 Å². The molecule has 1 aromatic heterocycles. The molecule has 5 nitrogen and oxygen atoms in total. The van der Waals surface area contributed by atoms with E-state index in [1.807, 2.05) is 0 Å². The van der Waals surface area contributed by atoms with Crippen molar-refractivity contribution in [3.05, 3.63) is 5.82 Å². The lowest BCUT2D eigenvalue weighted by atomic mass is 10.4. The van der Waals surface area contributed by atoms with Crippen molar-refractivity contribution in [3.8, 4) is 0 Å². The van der Waals surface area contributed by atoms with E-state index in [1.54, 1.807) is 0 Å². The van der Waals surface area contributed by atoms with Crippen LogP contribution in [-0.2, 0) is 0 Å². The van der Waals surface area contributed by atoms with Gasteiger partial charge in [0.1, 0.15) is 5.82 Å². The predicted octanol–water partition coefficient (Wildman–Crippen LogP) is -0.361. The molecule has 11 heavy (non-hydrogen) atoms. The van der Waals surface area contributed by atoms with Crippen molar-refractivity contribution in [1.82, 2.24) is 9.66 Å². The Morgan fingerprint density at radius 3 is 2.36 bits per heavy atom. The van der Waals surface area contributed by atoms with E-state index < -0.39 is 0 Å². The molecule has 0 radical (unpaired) electrons. The zero-order valence-electron chi connectivity index (χ0n) is 6.12. The average Bonchev–Trinajstić information content (AvgIpc) is 2.76. The molecule has 60 valence electrons. The van der Waals surface area contributed by atoms with Gasteiger partial charge < -0.3 is 17.3 Å². The summed E-state index contributed by atoms with van der Waals surface area (Å²) in [6.07, 6.45) is 2.29. The summed E-state index contributed by atoms with van der Waals surface area (Å²) < 4.78 is 1.38. The van der Waals surface area contributed by atoms with Crippen molar-refractivity contribution < 1.29 is 0 Å². The van der Waals surface area contributed by atoms with E-state index >= 15 is 0 Å². The van der Waals surface area contributed by atoms with Gasteiger partial charge in [0.15, 0.2) is 11.6 Å². The van der Waals surface area contributed by atoms with E-state index in [1.165, 1.54) is 4.68 Å². The molecule has 0 spiro atoms. The Morgan fingerprint density at radius 1 is 1.36 bits per heavy atom. The number of imidazole rings is 1. The summed E-state index contributed by atoms with van der Waals surface area (Å²) in [6, 6.07) is 0. The Balaban J connectivity index is 2.46. The highest BCUT2D eigenvalue weighted by molar-refractivity contribution is 5.55. The fourth-order valence-electron chi connectivity index (χ4n) is 1.11. The smallest absolute Gasteiger partial charge is 0.168 e. The largest absolute Gasteiger partial charge is 0.381 e. The number of aromatic nitrogens is 2. The van der Waals surface area contributed by atoms with Gasteiger partial charge in [0.2, 0.25) is 0 Å². The zero-order valence-corrected chi connectivity index (χ0v) is 6.12. The molecule has 2 rings (SSSR count). The number of hydrogen-bond acceptors (Lipinski definition) is 4. The Hall–Kier alpha value is -1.39. The van der Waals surface area contributed by atoms with E-state index in [0.29, 0.717) is 17.6 Å². The van der Waals surface area contributed by atoms with Crippen LogP contribution in [0.15, 0.2) is 0 Å². The Morgan fingerprint density at radius 2 is 2.00 bits per heavy atom. The van der Waals surface area contributed by atoms with Crippen molar-refractivity contribution in [1.29, 1.82) is 0 Å². The molecule has 0 amide bonds. The van der Waals surface area contributed by atoms with Crippen molar-refractivity contribution in [2.45, 2.75) is 18.8 Å². The van der Waals surface area contributed by atoms with Crippen LogP contribution in [0.3, 0.4) is 0 Å². The highest BCUT2D eigenvalue weighted by Crippen LogP contribution is 2.40. The number of hydrogen-bond donors (Lipinski definition) is 3. The first-order valence-corrected chi connectivity index (χ1v) is 3.59. The second-order valence-corrected chi connectivity index (χ2v) is 2.88. The number of rotatable bonds is 1. The van der Waals surface area contributed by atoms with Gasteiger partial charge in [0, 0.05) is 5.92 Å². The molecule has 1 aliphatic carbocycles. The average molecular weight is 153 g/mol. The maximum atomic E-state index is 5.59. The highest BCUT2D eigenvalue weighted by atomic mass is 15.4. The molecule has 1 saturated carbocycles. The van der Waals surface area contributed by atoms with Crippen LogP contribution >= 0.6 is 0 Å². The van der Waals surface area contributed by atoms with Crippen LogP contribution in [0.4, 0.5) is 11.6 Å². The van der Waals surface area contributed by atoms with Crippen molar-refractivity contribution >= 4 is 11.6 Å². The Bertz CT molecular complexity index is 285. The number of anilines is 2. The molecule has 5 heteroatoms. The third-order valence-corrected chi connectivity index (χ3v) is 1.95. The third kappa shape index (κ3) is 0.806. The molecule has 0 bridgehead atoms. The van der Waals surface area contributed by atoms with Crippen LogP contribution in [0.25, 0.3) is 0 Å². The number of nitrogens with zero attached hydrogens (tertiary/aromatic N) is 2. The molecule has 0 unspecified atom stereocenters. The van der Waals surface area contributed by atoms with Gasteiger partial charge in [0.05, 0.1) is 0 Å². The van der Waals surface area contributed by atoms with E-state index in [-0.39, 0.29) is 0 Å². The van der Waals surface area contributed by atoms with E-state index in [9.17, 15) is 0 Å². The van der Waals surface area contributed by atoms with Crippen LogP contribution in [-0.4, -0.2) is 9.66 Å². The zero-order chi connectivity index (χ0) is 8.01. The summed E-state index contributed by atoms with van der Waals surface area (Å²) in [5, 5.41) is 0. The minimum atomic E-state index is 0.342. The maximum absolute atomic E-state index is 5.59. The summed E-state index contributed by atoms with van der Waals surface area (Å²) in [7, 11) is 0. The molecule has 0 saturated heterocycles. The third-order valence-electron chi connectivity index (χ3n) is 1.95. The quantitative estimate of drug-likeness (QED) is 0.480. The first-order valence-electron chi connectivity index (χ1n) is 3.59. The summed E-state index contributed by atoms with van der Waals surface area (Å²) >= 11 is 0. The predicted molar refractivity (Wildman–Crippen MR) is 43.2 cm³/mol. The minimum absolute atomic E-state index is 0.342. The maximum Gasteiger partial charge on any atom is 0.168 e. The molecule has 0 aromatic carbocycles. The van der Waals surface area contributed by atoms with Gasteiger partial charge in [-0.15, -0.1) is 0 Å². The van der Waals surface area contributed by atoms with Gasteiger partial charge in [-0.2, -0.15) is 0 Å². The van der Waals surface area contributed by atoms with Gasteiger partial charge in [-0.3, -0.25) is 0 Å². The second kappa shape index (κ2) is 1.81. The minimum Gasteiger partial charge on any atom is -0.381 e. The summed E-state index contributed by atoms with van der Waals surface area (Å²) in [5.41, 5.74) is 11.0. The lowest BCUT2D eigenvalue weighted by Gasteiger charge is -1.98. The molecule has 0 aliphatic heterocycles. The van der Waals surface area contributed by atoms with Crippen LogP contribution in [0.5, 0.6) is 0 Å². The van der Waals surface area contributed by atoms with Crippen molar-refractivity contribution in [2.75, 3.05) is 17.3 Å². The Kier molecular flexibility index (Phi) is 1.04. The molecule has 1 aliphatic rings. The summed E-state index contributed by atoms with van der Waals surface area (Å²) in [6.45, 7) is 0. The summed E-state index contributed by atoms with van der Waals surface area (Å²) in [4.78, 5) is 4.06. The fourth-order valence-corrected chi connectivity index (χ4v) is 1.11. The molecule has 1 heterocycles. The highest BCUT2D eigenvalue weighted by Gasteiger charge is 2.29. The molecular weight excluding hydrogens is 142 g/mol. The second-order valence-electron chi connectivity index (χ2n) is 2.88. The van der Waals surface area contributed by atoms with E-state index in [0.717, 1.165) is 18.7 Å². The molecule has 1 aromatic rings. The van der Waals surface area contributed by atoms with Crippen LogP contribution in [0, 0.1) is 0 Å². The van der Waals surface area contributed by atoms with Crippen molar-refractivity contribution in [3.63, 3.8) is 0 Å². The SMILES string of the molecule is Nc1nc(C2CC2)n(N)c1N. The van der Waals surface area contributed by atoms with Gasteiger partial charge >= 0.3 is 0 Å². The lowest BCUT2D eigenvalue weighted by Crippen LogP contribution is -2.14. The summed E-state index contributed by atoms with van der Waals surface area (Å²) in [5.74, 6) is 7.61. The topological polar surface area (TPSA) is 95.9 Å². The van der Waals surface area contributed by atoms with Gasteiger partial charge in [-0.1, -0.05) is 0 Å². The van der Waals surface area contributed by atoms with Crippen LogP contribution in [0.2, 0.25) is 0 Å². The number of nitrogens with two attached hydrogens (primary N) is 3. The van der Waals surface area contributed by atoms with E-state index in [4.69, 9.17) is 17.3 Å². The molecular formula is C6H11N5. The monoisotopic (exact) mass is 153 g/mol. The number of nitrogen functional groups attached to an aromatic ring is 3. The molecule has 0 atom stereocenters. The van der Waals surface area contributed by atoms with Gasteiger partial charge in [-0.05, 0) is 12.8 Å². The first kappa shape index (κ1) is 6.33. The van der Waals surface area contributed by atoms with Crippen LogP contribution < -0.4 is 17.3 Å². The lowest BCUT2D eigenvalue weighted by molar-refractivity contribution is 0.855. The normalized spacial score (nSPS) is 17.1. The van der Waals surface area contributed by atoms with Gasteiger partial charge in [-0.25, -0.2) is 9.66 Å². The van der Waals surface area contributed by atoms with Crippen LogP contribution in [0.1, 0.15) is 24.6 Å². The molecule has 6 N–H and O–H groups in total. The van der Waals surface area contributed by atoms with E-state index in [2.05, 4.69) is 4.98 Å². The van der Waals surface area contributed by atoms with Crippen molar-refractivity contribution in [2.24, 2.45) is 0 Å².